The fourth-order valence-electron chi connectivity index (χ4n) is 2.19. The predicted molar refractivity (Wildman–Crippen MR) is 88.5 cm³/mol. The van der Waals surface area contributed by atoms with Crippen molar-refractivity contribution < 1.29 is 9.59 Å². The maximum atomic E-state index is 11.9. The van der Waals surface area contributed by atoms with Gasteiger partial charge in [-0.15, -0.1) is 0 Å². The zero-order chi connectivity index (χ0) is 15.9. The summed E-state index contributed by atoms with van der Waals surface area (Å²) in [6.07, 6.45) is 0.350. The molecule has 0 heterocycles. The van der Waals surface area contributed by atoms with E-state index in [-0.39, 0.29) is 17.7 Å². The average Bonchev–Trinajstić information content (AvgIpc) is 2.51. The summed E-state index contributed by atoms with van der Waals surface area (Å²) in [5, 5.41) is 7.90. The molecular weight excluding hydrogens is 276 g/mol. The Hall–Kier alpha value is -2.36. The minimum atomic E-state index is -0.0340. The first-order chi connectivity index (χ1) is 10.6. The van der Waals surface area contributed by atoms with Gasteiger partial charge in [-0.25, -0.2) is 0 Å². The van der Waals surface area contributed by atoms with E-state index in [9.17, 15) is 9.59 Å². The van der Waals surface area contributed by atoms with Crippen molar-refractivity contribution in [1.82, 2.24) is 10.6 Å². The van der Waals surface area contributed by atoms with Crippen molar-refractivity contribution in [3.05, 3.63) is 48.0 Å². The third-order valence-electron chi connectivity index (χ3n) is 3.45. The van der Waals surface area contributed by atoms with Gasteiger partial charge in [-0.1, -0.05) is 56.3 Å². The average molecular weight is 298 g/mol. The molecule has 2 N–H and O–H groups in total. The fraction of sp³-hybridized carbons (Fsp3) is 0.333. The van der Waals surface area contributed by atoms with Gasteiger partial charge in [-0.2, -0.15) is 0 Å². The van der Waals surface area contributed by atoms with Crippen LogP contribution in [-0.4, -0.2) is 24.9 Å². The highest BCUT2D eigenvalue weighted by Crippen LogP contribution is 2.15. The van der Waals surface area contributed by atoms with Crippen LogP contribution in [0.25, 0.3) is 10.8 Å². The van der Waals surface area contributed by atoms with E-state index in [1.807, 2.05) is 50.2 Å². The van der Waals surface area contributed by atoms with Crippen LogP contribution in [0.2, 0.25) is 0 Å². The van der Waals surface area contributed by atoms with Gasteiger partial charge in [0.1, 0.15) is 0 Å². The lowest BCUT2D eigenvalue weighted by Gasteiger charge is -2.09. The Labute approximate surface area is 130 Å². The number of amides is 2. The molecule has 0 aliphatic carbocycles. The smallest absolute Gasteiger partial charge is 0.224 e. The highest BCUT2D eigenvalue weighted by atomic mass is 16.2. The third-order valence-corrected chi connectivity index (χ3v) is 3.45. The number of benzene rings is 2. The SMILES string of the molecule is CC(C)C(=O)NCCNC(=O)Cc1ccc2ccccc2c1. The Morgan fingerprint density at radius 3 is 2.36 bits per heavy atom. The molecule has 2 aromatic carbocycles. The molecule has 0 aliphatic heterocycles. The lowest BCUT2D eigenvalue weighted by atomic mass is 10.1. The highest BCUT2D eigenvalue weighted by molar-refractivity contribution is 5.85. The minimum absolute atomic E-state index is 0.00350. The Morgan fingerprint density at radius 2 is 1.64 bits per heavy atom. The zero-order valence-corrected chi connectivity index (χ0v) is 13.1. The summed E-state index contributed by atoms with van der Waals surface area (Å²) in [5.74, 6) is -0.0637. The van der Waals surface area contributed by atoms with E-state index in [4.69, 9.17) is 0 Å². The van der Waals surface area contributed by atoms with Crippen molar-refractivity contribution in [1.29, 1.82) is 0 Å². The summed E-state index contributed by atoms with van der Waals surface area (Å²) < 4.78 is 0. The van der Waals surface area contributed by atoms with Gasteiger partial charge in [0.15, 0.2) is 0 Å². The number of nitrogens with one attached hydrogen (secondary N) is 2. The lowest BCUT2D eigenvalue weighted by molar-refractivity contribution is -0.124. The fourth-order valence-corrected chi connectivity index (χ4v) is 2.19. The predicted octanol–water partition coefficient (Wildman–Crippen LogP) is 2.27. The molecule has 0 aliphatic rings. The molecule has 0 saturated carbocycles. The standard InChI is InChI=1S/C18H22N2O2/c1-13(2)18(22)20-10-9-19-17(21)12-14-7-8-15-5-3-4-6-16(15)11-14/h3-8,11,13H,9-10,12H2,1-2H3,(H,19,21)(H,20,22). The summed E-state index contributed by atoms with van der Waals surface area (Å²) in [7, 11) is 0. The van der Waals surface area contributed by atoms with E-state index in [1.165, 1.54) is 5.39 Å². The normalized spacial score (nSPS) is 10.7. The van der Waals surface area contributed by atoms with Gasteiger partial charge >= 0.3 is 0 Å². The summed E-state index contributed by atoms with van der Waals surface area (Å²) in [5.41, 5.74) is 0.988. The number of carbonyl (C=O) groups excluding carboxylic acids is 2. The van der Waals surface area contributed by atoms with Gasteiger partial charge in [0, 0.05) is 19.0 Å². The van der Waals surface area contributed by atoms with Crippen molar-refractivity contribution >= 4 is 22.6 Å². The van der Waals surface area contributed by atoms with Crippen molar-refractivity contribution in [2.75, 3.05) is 13.1 Å². The summed E-state index contributed by atoms with van der Waals surface area (Å²) in [4.78, 5) is 23.3. The molecule has 2 amide bonds. The molecule has 0 fully saturated rings. The van der Waals surface area contributed by atoms with Crippen molar-refractivity contribution in [3.63, 3.8) is 0 Å². The molecule has 0 aromatic heterocycles. The topological polar surface area (TPSA) is 58.2 Å². The Balaban J connectivity index is 1.80. The van der Waals surface area contributed by atoms with E-state index >= 15 is 0 Å². The van der Waals surface area contributed by atoms with E-state index in [0.29, 0.717) is 19.5 Å². The molecule has 116 valence electrons. The van der Waals surface area contributed by atoms with Crippen LogP contribution in [0.3, 0.4) is 0 Å². The molecule has 0 spiro atoms. The van der Waals surface area contributed by atoms with E-state index < -0.39 is 0 Å². The first-order valence-electron chi connectivity index (χ1n) is 7.58. The quantitative estimate of drug-likeness (QED) is 0.804. The second-order valence-corrected chi connectivity index (χ2v) is 5.65. The molecule has 0 atom stereocenters. The molecule has 0 saturated heterocycles. The first kappa shape index (κ1) is 16.0. The molecule has 0 bridgehead atoms. The molecule has 2 rings (SSSR count). The summed E-state index contributed by atoms with van der Waals surface area (Å²) in [6, 6.07) is 14.1. The maximum absolute atomic E-state index is 11.9. The molecule has 2 aromatic rings. The van der Waals surface area contributed by atoms with Crippen LogP contribution in [0, 0.1) is 5.92 Å². The minimum Gasteiger partial charge on any atom is -0.354 e. The summed E-state index contributed by atoms with van der Waals surface area (Å²) >= 11 is 0. The monoisotopic (exact) mass is 298 g/mol. The number of hydrogen-bond donors (Lipinski definition) is 2. The Kier molecular flexibility index (Phi) is 5.53. The van der Waals surface area contributed by atoms with Crippen molar-refractivity contribution in [2.45, 2.75) is 20.3 Å². The Morgan fingerprint density at radius 1 is 0.955 bits per heavy atom. The van der Waals surface area contributed by atoms with E-state index in [2.05, 4.69) is 16.7 Å². The first-order valence-corrected chi connectivity index (χ1v) is 7.58. The van der Waals surface area contributed by atoms with Crippen LogP contribution >= 0.6 is 0 Å². The number of fused-ring (bicyclic) bond motifs is 1. The highest BCUT2D eigenvalue weighted by Gasteiger charge is 2.06. The largest absolute Gasteiger partial charge is 0.354 e. The van der Waals surface area contributed by atoms with Crippen LogP contribution < -0.4 is 10.6 Å². The third kappa shape index (κ3) is 4.58. The van der Waals surface area contributed by atoms with Crippen LogP contribution in [0.15, 0.2) is 42.5 Å². The summed E-state index contributed by atoms with van der Waals surface area (Å²) in [6.45, 7) is 4.59. The van der Waals surface area contributed by atoms with E-state index in [1.54, 1.807) is 0 Å². The Bertz CT molecular complexity index is 665. The lowest BCUT2D eigenvalue weighted by Crippen LogP contribution is -2.36. The van der Waals surface area contributed by atoms with Crippen LogP contribution in [0.1, 0.15) is 19.4 Å². The van der Waals surface area contributed by atoms with E-state index in [0.717, 1.165) is 10.9 Å². The molecule has 0 unspecified atom stereocenters. The van der Waals surface area contributed by atoms with Gasteiger partial charge in [0.25, 0.3) is 0 Å². The van der Waals surface area contributed by atoms with Gasteiger partial charge in [0.2, 0.25) is 11.8 Å². The molecule has 4 heteroatoms. The van der Waals surface area contributed by atoms with Gasteiger partial charge in [-0.3, -0.25) is 9.59 Å². The zero-order valence-electron chi connectivity index (χ0n) is 13.1. The van der Waals surface area contributed by atoms with Gasteiger partial charge in [-0.05, 0) is 16.3 Å². The van der Waals surface area contributed by atoms with Gasteiger partial charge in [0.05, 0.1) is 6.42 Å². The van der Waals surface area contributed by atoms with Crippen molar-refractivity contribution in [3.8, 4) is 0 Å². The number of carbonyl (C=O) groups is 2. The number of hydrogen-bond acceptors (Lipinski definition) is 2. The van der Waals surface area contributed by atoms with Crippen LogP contribution in [0.5, 0.6) is 0 Å². The number of rotatable bonds is 6. The molecule has 0 radical (unpaired) electrons. The molecule has 4 nitrogen and oxygen atoms in total. The van der Waals surface area contributed by atoms with Gasteiger partial charge < -0.3 is 10.6 Å². The second kappa shape index (κ2) is 7.59. The molecule has 22 heavy (non-hydrogen) atoms. The maximum Gasteiger partial charge on any atom is 0.224 e. The van der Waals surface area contributed by atoms with Crippen LogP contribution in [0.4, 0.5) is 0 Å². The van der Waals surface area contributed by atoms with Crippen LogP contribution in [-0.2, 0) is 16.0 Å². The molecular formula is C18H22N2O2. The second-order valence-electron chi connectivity index (χ2n) is 5.65. The van der Waals surface area contributed by atoms with Crippen molar-refractivity contribution in [2.24, 2.45) is 5.92 Å².